The predicted octanol–water partition coefficient (Wildman–Crippen LogP) is 3.02. The number of carbonyl (C=O) groups is 2. The van der Waals surface area contributed by atoms with Crippen molar-refractivity contribution in [3.05, 3.63) is 87.8 Å². The van der Waals surface area contributed by atoms with Crippen LogP contribution in [-0.2, 0) is 6.54 Å². The Bertz CT molecular complexity index is 1590. The van der Waals surface area contributed by atoms with Crippen LogP contribution in [0.4, 0.5) is 0 Å². The first-order valence-electron chi connectivity index (χ1n) is 10.1. The van der Waals surface area contributed by atoms with E-state index in [0.717, 1.165) is 0 Å². The Morgan fingerprint density at radius 3 is 2.65 bits per heavy atom. The van der Waals surface area contributed by atoms with Gasteiger partial charge in [-0.05, 0) is 48.0 Å². The van der Waals surface area contributed by atoms with Gasteiger partial charge in [0, 0.05) is 34.2 Å². The summed E-state index contributed by atoms with van der Waals surface area (Å²) in [4.78, 5) is 36.9. The van der Waals surface area contributed by atoms with Crippen LogP contribution in [0.5, 0.6) is 5.75 Å². The van der Waals surface area contributed by atoms with Gasteiger partial charge in [0.05, 0.1) is 18.3 Å². The van der Waals surface area contributed by atoms with Crippen LogP contribution in [0.25, 0.3) is 33.4 Å². The molecule has 4 N–H and O–H groups in total. The second-order valence-electron chi connectivity index (χ2n) is 7.53. The highest BCUT2D eigenvalue weighted by molar-refractivity contribution is 6.09. The monoisotopic (exact) mass is 456 g/mol. The topological polar surface area (TPSA) is 158 Å². The number of aromatic hydroxyl groups is 1. The number of rotatable bonds is 5. The first-order chi connectivity index (χ1) is 16.4. The van der Waals surface area contributed by atoms with E-state index < -0.39 is 11.9 Å². The van der Waals surface area contributed by atoms with Crippen molar-refractivity contribution >= 4 is 22.8 Å². The number of hydrogen-bond donors (Lipinski definition) is 4. The third-order valence-corrected chi connectivity index (χ3v) is 5.35. The molecule has 10 heteroatoms. The average molecular weight is 456 g/mol. The molecule has 0 fully saturated rings. The average Bonchev–Trinajstić information content (AvgIpc) is 3.34. The second-order valence-corrected chi connectivity index (χ2v) is 7.53. The van der Waals surface area contributed by atoms with Crippen LogP contribution in [0.15, 0.2) is 70.0 Å². The summed E-state index contributed by atoms with van der Waals surface area (Å²) >= 11 is 0. The standard InChI is InChI=1S/C24H16N4O6/c29-14-2-5-17-20(8-14)34-21-9-15(30)3-6-18(21)22(17)19-7-12(1-4-16(19)24(32)33)23(31)25-10-13-11-26-28-27-13/h1-9,11,29H,10H2,(H,25,31)(H,32,33)(H,26,27,28). The third kappa shape index (κ3) is 3.73. The van der Waals surface area contributed by atoms with Crippen LogP contribution in [0.3, 0.4) is 0 Å². The van der Waals surface area contributed by atoms with Gasteiger partial charge in [-0.15, -0.1) is 0 Å². The van der Waals surface area contributed by atoms with Gasteiger partial charge >= 0.3 is 5.97 Å². The molecule has 0 unspecified atom stereocenters. The van der Waals surface area contributed by atoms with E-state index in [1.807, 2.05) is 0 Å². The van der Waals surface area contributed by atoms with E-state index in [2.05, 4.69) is 20.7 Å². The lowest BCUT2D eigenvalue weighted by Crippen LogP contribution is -2.23. The fourth-order valence-electron chi connectivity index (χ4n) is 3.81. The summed E-state index contributed by atoms with van der Waals surface area (Å²) in [6.45, 7) is 0.132. The largest absolute Gasteiger partial charge is 0.508 e. The van der Waals surface area contributed by atoms with E-state index in [9.17, 15) is 24.6 Å². The number of carboxylic acids is 1. The molecule has 1 amide bonds. The van der Waals surface area contributed by atoms with Gasteiger partial charge in [-0.2, -0.15) is 15.4 Å². The zero-order chi connectivity index (χ0) is 23.8. The van der Waals surface area contributed by atoms with E-state index in [4.69, 9.17) is 4.42 Å². The number of H-pyrrole nitrogens is 1. The van der Waals surface area contributed by atoms with Gasteiger partial charge in [0.1, 0.15) is 22.8 Å². The first kappa shape index (κ1) is 20.9. The molecule has 1 aliphatic carbocycles. The van der Waals surface area contributed by atoms with Crippen molar-refractivity contribution in [1.82, 2.24) is 20.7 Å². The number of benzene rings is 3. The minimum absolute atomic E-state index is 0.0406. The fraction of sp³-hybridized carbons (Fsp3) is 0.0417. The van der Waals surface area contributed by atoms with E-state index in [1.165, 1.54) is 48.7 Å². The summed E-state index contributed by atoms with van der Waals surface area (Å²) < 4.78 is 5.83. The smallest absolute Gasteiger partial charge is 0.336 e. The molecular weight excluding hydrogens is 440 g/mol. The SMILES string of the molecule is O=C(NCc1cn[nH]n1)c1ccc(C(=O)O)c(-c2c3ccc(=O)cc-3oc3cc(O)ccc23)c1. The maximum atomic E-state index is 12.8. The number of carbonyl (C=O) groups excluding carboxylic acids is 1. The molecule has 5 rings (SSSR count). The van der Waals surface area contributed by atoms with Crippen LogP contribution in [-0.4, -0.2) is 37.5 Å². The molecule has 168 valence electrons. The van der Waals surface area contributed by atoms with E-state index in [-0.39, 0.29) is 45.8 Å². The minimum Gasteiger partial charge on any atom is -0.508 e. The van der Waals surface area contributed by atoms with Crippen LogP contribution >= 0.6 is 0 Å². The molecule has 34 heavy (non-hydrogen) atoms. The van der Waals surface area contributed by atoms with E-state index >= 15 is 0 Å². The van der Waals surface area contributed by atoms with Crippen LogP contribution in [0.1, 0.15) is 26.4 Å². The first-order valence-corrected chi connectivity index (χ1v) is 10.1. The van der Waals surface area contributed by atoms with Crippen molar-refractivity contribution in [1.29, 1.82) is 0 Å². The number of hydrogen-bond acceptors (Lipinski definition) is 7. The highest BCUT2D eigenvalue weighted by atomic mass is 16.4. The summed E-state index contributed by atoms with van der Waals surface area (Å²) in [5.74, 6) is -1.46. The van der Waals surface area contributed by atoms with Gasteiger partial charge in [-0.3, -0.25) is 9.59 Å². The van der Waals surface area contributed by atoms with Gasteiger partial charge in [0.15, 0.2) is 5.43 Å². The number of carboxylic acid groups (broad SMARTS) is 1. The lowest BCUT2D eigenvalue weighted by atomic mass is 9.89. The Balaban J connectivity index is 1.72. The number of phenols is 1. The van der Waals surface area contributed by atoms with Gasteiger partial charge in [-0.25, -0.2) is 4.79 Å². The van der Waals surface area contributed by atoms with Crippen molar-refractivity contribution in [2.45, 2.75) is 6.54 Å². The number of fused-ring (bicyclic) bond motifs is 2. The molecule has 3 aromatic rings. The Morgan fingerprint density at radius 2 is 1.88 bits per heavy atom. The number of amides is 1. The van der Waals surface area contributed by atoms with Gasteiger partial charge in [-0.1, -0.05) is 0 Å². The molecule has 2 aliphatic rings. The van der Waals surface area contributed by atoms with E-state index in [1.54, 1.807) is 12.1 Å². The second kappa shape index (κ2) is 8.17. The van der Waals surface area contributed by atoms with Crippen LogP contribution in [0, 0.1) is 0 Å². The molecule has 0 radical (unpaired) electrons. The van der Waals surface area contributed by atoms with Gasteiger partial charge < -0.3 is 19.9 Å². The highest BCUT2D eigenvalue weighted by Crippen LogP contribution is 2.42. The normalized spacial score (nSPS) is 11.1. The van der Waals surface area contributed by atoms with Crippen molar-refractivity contribution in [2.24, 2.45) is 0 Å². The lowest BCUT2D eigenvalue weighted by molar-refractivity contribution is 0.0697. The number of aromatic amines is 1. The predicted molar refractivity (Wildman–Crippen MR) is 121 cm³/mol. The van der Waals surface area contributed by atoms with Crippen LogP contribution in [0.2, 0.25) is 0 Å². The Hall–Kier alpha value is -4.99. The Morgan fingerprint density at radius 1 is 1.03 bits per heavy atom. The van der Waals surface area contributed by atoms with Crippen molar-refractivity contribution in [2.75, 3.05) is 0 Å². The third-order valence-electron chi connectivity index (χ3n) is 5.35. The van der Waals surface area contributed by atoms with Crippen LogP contribution < -0.4 is 10.7 Å². The van der Waals surface area contributed by atoms with Crippen molar-refractivity contribution < 1.29 is 24.2 Å². The van der Waals surface area contributed by atoms with Gasteiger partial charge in [0.25, 0.3) is 5.91 Å². The quantitative estimate of drug-likeness (QED) is 0.294. The summed E-state index contributed by atoms with van der Waals surface area (Å²) in [6.07, 6.45) is 1.48. The van der Waals surface area contributed by atoms with Crippen molar-refractivity contribution in [3.8, 4) is 28.2 Å². The zero-order valence-corrected chi connectivity index (χ0v) is 17.4. The number of aromatic carboxylic acids is 1. The number of nitrogens with one attached hydrogen (secondary N) is 2. The molecule has 2 heterocycles. The fourth-order valence-corrected chi connectivity index (χ4v) is 3.81. The summed E-state index contributed by atoms with van der Waals surface area (Å²) in [5.41, 5.74) is 1.89. The molecule has 10 nitrogen and oxygen atoms in total. The number of nitrogens with zero attached hydrogens (tertiary/aromatic N) is 2. The summed E-state index contributed by atoms with van der Waals surface area (Å²) in [5, 5.41) is 33.1. The molecule has 0 spiro atoms. The number of phenolic OH excluding ortho intramolecular Hbond substituents is 1. The maximum Gasteiger partial charge on any atom is 0.336 e. The molecule has 1 aromatic heterocycles. The molecule has 2 aromatic carbocycles. The lowest BCUT2D eigenvalue weighted by Gasteiger charge is -2.17. The van der Waals surface area contributed by atoms with Gasteiger partial charge in [0.2, 0.25) is 0 Å². The highest BCUT2D eigenvalue weighted by Gasteiger charge is 2.23. The summed E-state index contributed by atoms with van der Waals surface area (Å²) in [6, 6.07) is 12.9. The molecule has 0 saturated carbocycles. The van der Waals surface area contributed by atoms with E-state index in [0.29, 0.717) is 22.2 Å². The maximum absolute atomic E-state index is 12.8. The minimum atomic E-state index is -1.19. The number of aromatic nitrogens is 3. The zero-order valence-electron chi connectivity index (χ0n) is 17.4. The Labute approximate surface area is 190 Å². The molecule has 0 saturated heterocycles. The van der Waals surface area contributed by atoms with Crippen molar-refractivity contribution in [3.63, 3.8) is 0 Å². The summed E-state index contributed by atoms with van der Waals surface area (Å²) in [7, 11) is 0. The Kier molecular flexibility index (Phi) is 5.02. The molecule has 0 bridgehead atoms. The molecule has 0 atom stereocenters. The molecular formula is C24H16N4O6. The molecule has 1 aliphatic heterocycles.